The van der Waals surface area contributed by atoms with E-state index in [2.05, 4.69) is 46.1 Å². The summed E-state index contributed by atoms with van der Waals surface area (Å²) in [6, 6.07) is 1.71. The molecule has 6 rings (SSSR count). The first-order chi connectivity index (χ1) is 17.7. The van der Waals surface area contributed by atoms with Gasteiger partial charge in [-0.05, 0) is 0 Å². The van der Waals surface area contributed by atoms with Crippen LogP contribution >= 0.6 is 11.6 Å². The minimum absolute atomic E-state index is 0.202. The van der Waals surface area contributed by atoms with Gasteiger partial charge in [0, 0.05) is 36.6 Å². The fourth-order valence-electron chi connectivity index (χ4n) is 4.45. The van der Waals surface area contributed by atoms with Gasteiger partial charge in [0.15, 0.2) is 23.0 Å². The molecule has 1 saturated heterocycles. The molecule has 5 aromatic heterocycles. The average Bonchev–Trinajstić information content (AvgIpc) is 3.63. The first-order valence-corrected chi connectivity index (χ1v) is 12.2. The summed E-state index contributed by atoms with van der Waals surface area (Å²) in [5.74, 6) is 1.98. The maximum Gasteiger partial charge on any atom is 0.210 e. The van der Waals surface area contributed by atoms with E-state index < -0.39 is 6.10 Å². The Morgan fingerprint density at radius 1 is 1.19 bits per heavy atom. The van der Waals surface area contributed by atoms with Crippen LogP contribution in [0.3, 0.4) is 0 Å². The van der Waals surface area contributed by atoms with E-state index in [9.17, 15) is 5.11 Å². The minimum Gasteiger partial charge on any atom is -0.450 e. The van der Waals surface area contributed by atoms with E-state index in [0.29, 0.717) is 58.2 Å². The van der Waals surface area contributed by atoms with Crippen LogP contribution in [0.1, 0.15) is 32.5 Å². The van der Waals surface area contributed by atoms with E-state index in [1.165, 1.54) is 6.20 Å². The van der Waals surface area contributed by atoms with Crippen molar-refractivity contribution in [2.45, 2.75) is 38.3 Å². The number of rotatable bonds is 5. The van der Waals surface area contributed by atoms with E-state index in [1.54, 1.807) is 33.9 Å². The summed E-state index contributed by atoms with van der Waals surface area (Å²) in [6.45, 7) is 7.01. The number of imidazole rings is 1. The molecule has 2 N–H and O–H groups in total. The smallest absolute Gasteiger partial charge is 0.210 e. The van der Waals surface area contributed by atoms with Crippen molar-refractivity contribution in [1.82, 2.24) is 38.9 Å². The van der Waals surface area contributed by atoms with Crippen molar-refractivity contribution in [2.24, 2.45) is 7.05 Å². The molecule has 0 aliphatic carbocycles. The highest BCUT2D eigenvalue weighted by Gasteiger charge is 2.33. The van der Waals surface area contributed by atoms with Gasteiger partial charge in [0.1, 0.15) is 28.2 Å². The number of fused-ring (bicyclic) bond motifs is 2. The van der Waals surface area contributed by atoms with Crippen LogP contribution in [-0.4, -0.2) is 63.3 Å². The SMILES string of the molecule is Cn1c(Nc2cc(C(C)(C)C)n([C@H]3COC[C@H]3O)n2)nc2ncc(Oc3cnn4ccncc34)c(Cl)c21. The van der Waals surface area contributed by atoms with Crippen LogP contribution in [0.25, 0.3) is 16.7 Å². The van der Waals surface area contributed by atoms with Gasteiger partial charge in [-0.2, -0.15) is 15.2 Å². The summed E-state index contributed by atoms with van der Waals surface area (Å²) in [6.07, 6.45) is 7.56. The number of aliphatic hydroxyl groups excluding tert-OH is 1. The van der Waals surface area contributed by atoms with Gasteiger partial charge in [0.25, 0.3) is 0 Å². The lowest BCUT2D eigenvalue weighted by molar-refractivity contribution is 0.117. The van der Waals surface area contributed by atoms with Crippen molar-refractivity contribution >= 4 is 40.0 Å². The van der Waals surface area contributed by atoms with Crippen LogP contribution in [-0.2, 0) is 17.2 Å². The highest BCUT2D eigenvalue weighted by atomic mass is 35.5. The molecule has 1 aliphatic rings. The molecule has 2 atom stereocenters. The van der Waals surface area contributed by atoms with Crippen molar-refractivity contribution in [3.63, 3.8) is 0 Å². The number of nitrogens with zero attached hydrogens (tertiary/aromatic N) is 8. The van der Waals surface area contributed by atoms with E-state index in [0.717, 1.165) is 5.69 Å². The molecule has 1 aliphatic heterocycles. The van der Waals surface area contributed by atoms with Gasteiger partial charge in [0.2, 0.25) is 5.95 Å². The lowest BCUT2D eigenvalue weighted by Crippen LogP contribution is -2.28. The second-order valence-electron chi connectivity index (χ2n) is 10.0. The van der Waals surface area contributed by atoms with Crippen LogP contribution in [0.4, 0.5) is 11.8 Å². The van der Waals surface area contributed by atoms with Gasteiger partial charge in [0.05, 0.1) is 31.8 Å². The molecule has 37 heavy (non-hydrogen) atoms. The number of nitrogens with one attached hydrogen (secondary N) is 1. The largest absolute Gasteiger partial charge is 0.450 e. The number of hydrogen-bond donors (Lipinski definition) is 2. The fourth-order valence-corrected chi connectivity index (χ4v) is 4.75. The molecule has 192 valence electrons. The summed E-state index contributed by atoms with van der Waals surface area (Å²) >= 11 is 6.76. The predicted octanol–water partition coefficient (Wildman–Crippen LogP) is 3.63. The molecule has 0 spiro atoms. The van der Waals surface area contributed by atoms with Gasteiger partial charge in [-0.25, -0.2) is 9.50 Å². The highest BCUT2D eigenvalue weighted by Crippen LogP contribution is 2.37. The number of ether oxygens (including phenoxy) is 2. The van der Waals surface area contributed by atoms with Gasteiger partial charge in [-0.1, -0.05) is 32.4 Å². The molecule has 13 heteroatoms. The Hall–Kier alpha value is -3.74. The molecule has 0 unspecified atom stereocenters. The Morgan fingerprint density at radius 2 is 2.03 bits per heavy atom. The molecule has 0 aromatic carbocycles. The van der Waals surface area contributed by atoms with Gasteiger partial charge >= 0.3 is 0 Å². The zero-order valence-corrected chi connectivity index (χ0v) is 21.5. The Balaban J connectivity index is 1.34. The van der Waals surface area contributed by atoms with Crippen molar-refractivity contribution in [2.75, 3.05) is 18.5 Å². The van der Waals surface area contributed by atoms with Gasteiger partial charge in [-0.15, -0.1) is 0 Å². The molecular weight excluding hydrogens is 498 g/mol. The maximum atomic E-state index is 10.4. The first kappa shape index (κ1) is 23.6. The summed E-state index contributed by atoms with van der Waals surface area (Å²) in [4.78, 5) is 13.2. The van der Waals surface area contributed by atoms with Crippen molar-refractivity contribution < 1.29 is 14.6 Å². The lowest BCUT2D eigenvalue weighted by Gasteiger charge is -2.24. The number of anilines is 2. The molecule has 1 fully saturated rings. The Bertz CT molecular complexity index is 1620. The standard InChI is InChI=1S/C24H26ClN9O3/c1-24(2,3)18-7-19(31-34(18)14-11-36-12-15(14)35)29-23-30-22-21(32(23)4)20(25)17(9-27-22)37-16-10-28-33-6-5-26-8-13(16)33/h5-10,14-15,35H,11-12H2,1-4H3,(H,27,29,30,31)/t14-,15+/m0/s1. The topological polar surface area (TPSA) is 129 Å². The maximum absolute atomic E-state index is 10.4. The quantitative estimate of drug-likeness (QED) is 0.354. The van der Waals surface area contributed by atoms with Crippen molar-refractivity contribution in [3.05, 3.63) is 47.8 Å². The Kier molecular flexibility index (Phi) is 5.55. The molecule has 12 nitrogen and oxygen atoms in total. The highest BCUT2D eigenvalue weighted by molar-refractivity contribution is 6.36. The average molecular weight is 524 g/mol. The summed E-state index contributed by atoms with van der Waals surface area (Å²) < 4.78 is 16.8. The van der Waals surface area contributed by atoms with E-state index in [-0.39, 0.29) is 11.5 Å². The number of halogens is 1. The number of aryl methyl sites for hydroxylation is 1. The molecule has 0 amide bonds. The van der Waals surface area contributed by atoms with Gasteiger partial charge < -0.3 is 24.5 Å². The van der Waals surface area contributed by atoms with Gasteiger partial charge in [-0.3, -0.25) is 9.67 Å². The minimum atomic E-state index is -0.616. The third kappa shape index (κ3) is 4.06. The van der Waals surface area contributed by atoms with E-state index in [4.69, 9.17) is 26.2 Å². The van der Waals surface area contributed by atoms with E-state index in [1.807, 2.05) is 17.8 Å². The summed E-state index contributed by atoms with van der Waals surface area (Å²) in [5.41, 5.74) is 2.53. The zero-order valence-electron chi connectivity index (χ0n) is 20.8. The molecule has 5 aromatic rings. The van der Waals surface area contributed by atoms with E-state index >= 15 is 0 Å². The Labute approximate surface area is 216 Å². The van der Waals surface area contributed by atoms with Crippen molar-refractivity contribution in [1.29, 1.82) is 0 Å². The number of aromatic nitrogens is 8. The van der Waals surface area contributed by atoms with Crippen LogP contribution in [0.2, 0.25) is 5.02 Å². The third-order valence-corrected chi connectivity index (χ3v) is 6.76. The van der Waals surface area contributed by atoms with Crippen LogP contribution in [0, 0.1) is 0 Å². The fraction of sp³-hybridized carbons (Fsp3) is 0.375. The molecular formula is C24H26ClN9O3. The van der Waals surface area contributed by atoms with Crippen LogP contribution < -0.4 is 10.1 Å². The Morgan fingerprint density at radius 3 is 2.78 bits per heavy atom. The molecule has 0 saturated carbocycles. The number of pyridine rings is 1. The number of aliphatic hydroxyl groups is 1. The molecule has 0 radical (unpaired) electrons. The predicted molar refractivity (Wildman–Crippen MR) is 137 cm³/mol. The third-order valence-electron chi connectivity index (χ3n) is 6.39. The summed E-state index contributed by atoms with van der Waals surface area (Å²) in [7, 11) is 1.84. The zero-order chi connectivity index (χ0) is 25.9. The molecule has 0 bridgehead atoms. The normalized spacial score (nSPS) is 18.2. The second kappa shape index (κ2) is 8.68. The van der Waals surface area contributed by atoms with Crippen LogP contribution in [0.15, 0.2) is 37.1 Å². The summed E-state index contributed by atoms with van der Waals surface area (Å²) in [5, 5.41) is 23.1. The number of hydrogen-bond acceptors (Lipinski definition) is 9. The molecule has 6 heterocycles. The first-order valence-electron chi connectivity index (χ1n) is 11.8. The monoisotopic (exact) mass is 523 g/mol. The lowest BCUT2D eigenvalue weighted by atomic mass is 9.91. The second-order valence-corrected chi connectivity index (χ2v) is 10.4. The van der Waals surface area contributed by atoms with Crippen molar-refractivity contribution in [3.8, 4) is 11.5 Å². The van der Waals surface area contributed by atoms with Crippen LogP contribution in [0.5, 0.6) is 11.5 Å².